The van der Waals surface area contributed by atoms with Crippen LogP contribution in [0.25, 0.3) is 11.0 Å². The number of nitrogens with one attached hydrogen (secondary N) is 1. The van der Waals surface area contributed by atoms with E-state index in [0.717, 1.165) is 36.0 Å². The van der Waals surface area contributed by atoms with Gasteiger partial charge in [0.25, 0.3) is 0 Å². The van der Waals surface area contributed by atoms with E-state index in [2.05, 4.69) is 5.32 Å². The summed E-state index contributed by atoms with van der Waals surface area (Å²) in [6, 6.07) is 9.14. The number of hydrogen-bond acceptors (Lipinski definition) is 3. The van der Waals surface area contributed by atoms with Crippen molar-refractivity contribution in [3.63, 3.8) is 0 Å². The second-order valence-electron chi connectivity index (χ2n) is 6.37. The number of likely N-dealkylation sites (tertiary alicyclic amines) is 1. The Morgan fingerprint density at radius 2 is 2.12 bits per heavy atom. The van der Waals surface area contributed by atoms with Crippen LogP contribution >= 0.6 is 0 Å². The Balaban J connectivity index is 1.71. The minimum Gasteiger partial charge on any atom is -0.459 e. The maximum Gasteiger partial charge on any atom is 0.243 e. The van der Waals surface area contributed by atoms with Gasteiger partial charge in [-0.2, -0.15) is 0 Å². The summed E-state index contributed by atoms with van der Waals surface area (Å²) in [5.41, 5.74) is 0.814. The normalized spacial score (nSPS) is 19.2. The predicted octanol–water partition coefficient (Wildman–Crippen LogP) is 3.40. The molecule has 5 heteroatoms. The molecule has 2 amide bonds. The second kappa shape index (κ2) is 7.07. The Labute approximate surface area is 142 Å². The summed E-state index contributed by atoms with van der Waals surface area (Å²) in [4.78, 5) is 26.5. The number of piperidine rings is 1. The van der Waals surface area contributed by atoms with Crippen LogP contribution < -0.4 is 5.32 Å². The average Bonchev–Trinajstić information content (AvgIpc) is 3.05. The van der Waals surface area contributed by atoms with Crippen LogP contribution in [0.2, 0.25) is 0 Å². The van der Waals surface area contributed by atoms with Gasteiger partial charge in [-0.25, -0.2) is 0 Å². The SMILES string of the molecule is CCC(=O)N1CCCC[C@H]1C(=O)N[C@H](C)c1cc2ccccc2o1. The highest BCUT2D eigenvalue weighted by Crippen LogP contribution is 2.24. The maximum absolute atomic E-state index is 12.7. The molecule has 0 spiro atoms. The molecule has 2 aromatic rings. The van der Waals surface area contributed by atoms with Crippen LogP contribution in [0.4, 0.5) is 0 Å². The number of amides is 2. The van der Waals surface area contributed by atoms with Crippen LogP contribution in [0.1, 0.15) is 51.3 Å². The number of para-hydroxylation sites is 1. The van der Waals surface area contributed by atoms with Gasteiger partial charge in [-0.05, 0) is 38.3 Å². The van der Waals surface area contributed by atoms with Crippen LogP contribution in [0, 0.1) is 0 Å². The Kier molecular flexibility index (Phi) is 4.88. The first-order valence-corrected chi connectivity index (χ1v) is 8.68. The topological polar surface area (TPSA) is 62.6 Å². The highest BCUT2D eigenvalue weighted by atomic mass is 16.3. The molecule has 0 aliphatic carbocycles. The van der Waals surface area contributed by atoms with Gasteiger partial charge in [0.1, 0.15) is 17.4 Å². The first kappa shape index (κ1) is 16.6. The molecule has 1 aromatic heterocycles. The molecular weight excluding hydrogens is 304 g/mol. The summed E-state index contributed by atoms with van der Waals surface area (Å²) in [7, 11) is 0. The van der Waals surface area contributed by atoms with Crippen molar-refractivity contribution in [1.82, 2.24) is 10.2 Å². The third-order valence-corrected chi connectivity index (χ3v) is 4.66. The van der Waals surface area contributed by atoms with Gasteiger partial charge in [0.15, 0.2) is 0 Å². The van der Waals surface area contributed by atoms with Crippen molar-refractivity contribution in [2.75, 3.05) is 6.54 Å². The van der Waals surface area contributed by atoms with E-state index in [1.54, 1.807) is 4.90 Å². The molecular formula is C19H24N2O3. The molecule has 1 aliphatic heterocycles. The lowest BCUT2D eigenvalue weighted by Crippen LogP contribution is -2.52. The monoisotopic (exact) mass is 328 g/mol. The van der Waals surface area contributed by atoms with E-state index >= 15 is 0 Å². The lowest BCUT2D eigenvalue weighted by molar-refractivity contribution is -0.142. The first-order chi connectivity index (χ1) is 11.6. The number of hydrogen-bond donors (Lipinski definition) is 1. The molecule has 2 atom stereocenters. The maximum atomic E-state index is 12.7. The Morgan fingerprint density at radius 1 is 1.33 bits per heavy atom. The summed E-state index contributed by atoms with van der Waals surface area (Å²) in [5.74, 6) is 0.685. The fraction of sp³-hybridized carbons (Fsp3) is 0.474. The molecule has 0 saturated carbocycles. The molecule has 0 bridgehead atoms. The van der Waals surface area contributed by atoms with Crippen LogP contribution in [-0.4, -0.2) is 29.3 Å². The second-order valence-corrected chi connectivity index (χ2v) is 6.37. The fourth-order valence-corrected chi connectivity index (χ4v) is 3.30. The van der Waals surface area contributed by atoms with Gasteiger partial charge in [-0.3, -0.25) is 9.59 Å². The molecule has 1 fully saturated rings. The fourth-order valence-electron chi connectivity index (χ4n) is 3.30. The summed E-state index contributed by atoms with van der Waals surface area (Å²) in [5, 5.41) is 4.03. The first-order valence-electron chi connectivity index (χ1n) is 8.68. The van der Waals surface area contributed by atoms with Crippen molar-refractivity contribution in [3.05, 3.63) is 36.1 Å². The molecule has 5 nitrogen and oxygen atoms in total. The Hall–Kier alpha value is -2.30. The highest BCUT2D eigenvalue weighted by molar-refractivity contribution is 5.88. The Morgan fingerprint density at radius 3 is 2.88 bits per heavy atom. The lowest BCUT2D eigenvalue weighted by atomic mass is 10.0. The van der Waals surface area contributed by atoms with Gasteiger partial charge in [-0.15, -0.1) is 0 Å². The van der Waals surface area contributed by atoms with E-state index in [1.165, 1.54) is 0 Å². The van der Waals surface area contributed by atoms with E-state index in [9.17, 15) is 9.59 Å². The molecule has 1 aliphatic rings. The zero-order valence-corrected chi connectivity index (χ0v) is 14.2. The van der Waals surface area contributed by atoms with E-state index < -0.39 is 0 Å². The number of rotatable bonds is 4. The molecule has 1 N–H and O–H groups in total. The van der Waals surface area contributed by atoms with Crippen molar-refractivity contribution in [1.29, 1.82) is 0 Å². The van der Waals surface area contributed by atoms with E-state index in [1.807, 2.05) is 44.2 Å². The molecule has 0 unspecified atom stereocenters. The van der Waals surface area contributed by atoms with Crippen molar-refractivity contribution in [2.24, 2.45) is 0 Å². The summed E-state index contributed by atoms with van der Waals surface area (Å²) in [6.07, 6.45) is 3.10. The third kappa shape index (κ3) is 3.30. The number of nitrogens with zero attached hydrogens (tertiary/aromatic N) is 1. The third-order valence-electron chi connectivity index (χ3n) is 4.66. The largest absolute Gasteiger partial charge is 0.459 e. The van der Waals surface area contributed by atoms with Gasteiger partial charge >= 0.3 is 0 Å². The van der Waals surface area contributed by atoms with Gasteiger partial charge in [-0.1, -0.05) is 25.1 Å². The van der Waals surface area contributed by atoms with Crippen molar-refractivity contribution in [2.45, 2.75) is 51.6 Å². The quantitative estimate of drug-likeness (QED) is 0.935. The van der Waals surface area contributed by atoms with Gasteiger partial charge in [0, 0.05) is 18.4 Å². The molecule has 0 radical (unpaired) electrons. The number of carbonyl (C=O) groups is 2. The number of carbonyl (C=O) groups excluding carboxylic acids is 2. The summed E-state index contributed by atoms with van der Waals surface area (Å²) in [6.45, 7) is 4.41. The minimum absolute atomic E-state index is 0.0474. The van der Waals surface area contributed by atoms with Gasteiger partial charge < -0.3 is 14.6 Å². The van der Waals surface area contributed by atoms with Crippen LogP contribution in [0.3, 0.4) is 0 Å². The number of benzene rings is 1. The van der Waals surface area contributed by atoms with Crippen molar-refractivity contribution >= 4 is 22.8 Å². The van der Waals surface area contributed by atoms with Crippen LogP contribution in [-0.2, 0) is 9.59 Å². The molecule has 24 heavy (non-hydrogen) atoms. The van der Waals surface area contributed by atoms with Crippen LogP contribution in [0.15, 0.2) is 34.7 Å². The zero-order valence-electron chi connectivity index (χ0n) is 14.2. The smallest absolute Gasteiger partial charge is 0.243 e. The number of furan rings is 1. The Bertz CT molecular complexity index is 704. The summed E-state index contributed by atoms with van der Waals surface area (Å²) >= 11 is 0. The molecule has 1 aromatic carbocycles. The zero-order chi connectivity index (χ0) is 17.1. The molecule has 2 heterocycles. The molecule has 1 saturated heterocycles. The van der Waals surface area contributed by atoms with Gasteiger partial charge in [0.2, 0.25) is 11.8 Å². The molecule has 3 rings (SSSR count). The summed E-state index contributed by atoms with van der Waals surface area (Å²) < 4.78 is 5.82. The highest BCUT2D eigenvalue weighted by Gasteiger charge is 2.32. The minimum atomic E-state index is -0.363. The van der Waals surface area contributed by atoms with E-state index in [4.69, 9.17) is 4.42 Å². The number of fused-ring (bicyclic) bond motifs is 1. The molecule has 128 valence electrons. The van der Waals surface area contributed by atoms with Gasteiger partial charge in [0.05, 0.1) is 6.04 Å². The van der Waals surface area contributed by atoms with Crippen molar-refractivity contribution < 1.29 is 14.0 Å². The van der Waals surface area contributed by atoms with Crippen molar-refractivity contribution in [3.8, 4) is 0 Å². The van der Waals surface area contributed by atoms with E-state index in [0.29, 0.717) is 13.0 Å². The lowest BCUT2D eigenvalue weighted by Gasteiger charge is -2.35. The predicted molar refractivity (Wildman–Crippen MR) is 92.4 cm³/mol. The van der Waals surface area contributed by atoms with E-state index in [-0.39, 0.29) is 23.9 Å². The van der Waals surface area contributed by atoms with Crippen LogP contribution in [0.5, 0.6) is 0 Å². The standard InChI is InChI=1S/C19H24N2O3/c1-3-18(22)21-11-7-6-9-15(21)19(23)20-13(2)17-12-14-8-4-5-10-16(14)24-17/h4-5,8,10,12-13,15H,3,6-7,9,11H2,1-2H3,(H,20,23)/t13-,15+/m1/s1. The average molecular weight is 328 g/mol.